The fraction of sp³-hybridized carbons (Fsp3) is 0.182. The molecule has 0 amide bonds. The van der Waals surface area contributed by atoms with Crippen molar-refractivity contribution in [2.24, 2.45) is 0 Å². The Hall–Kier alpha value is -1.28. The zero-order valence-electron chi connectivity index (χ0n) is 7.94. The first-order chi connectivity index (χ1) is 6.75. The Bertz CT molecular complexity index is 417. The molecule has 0 radical (unpaired) electrons. The molecule has 0 bridgehead atoms. The molecule has 0 saturated heterocycles. The lowest BCUT2D eigenvalue weighted by Gasteiger charge is -2.04. The monoisotopic (exact) mass is 206 g/mol. The molecule has 2 nitrogen and oxygen atoms in total. The van der Waals surface area contributed by atoms with Gasteiger partial charge in [0, 0.05) is 24.0 Å². The van der Waals surface area contributed by atoms with E-state index in [9.17, 15) is 0 Å². The average molecular weight is 207 g/mol. The predicted molar refractivity (Wildman–Crippen MR) is 57.5 cm³/mol. The van der Waals surface area contributed by atoms with Crippen molar-refractivity contribution < 1.29 is 0 Å². The molecule has 0 unspecified atom stereocenters. The molecule has 2 rings (SSSR count). The molecule has 72 valence electrons. The molecule has 1 aromatic carbocycles. The molecule has 14 heavy (non-hydrogen) atoms. The Morgan fingerprint density at radius 2 is 2.00 bits per heavy atom. The van der Waals surface area contributed by atoms with Crippen molar-refractivity contribution in [3.8, 4) is 0 Å². The maximum atomic E-state index is 5.81. The van der Waals surface area contributed by atoms with Crippen LogP contribution in [-0.2, 0) is 6.54 Å². The summed E-state index contributed by atoms with van der Waals surface area (Å²) in [6, 6.07) is 7.87. The number of aryl methyl sites for hydroxylation is 1. The van der Waals surface area contributed by atoms with Gasteiger partial charge in [-0.05, 0) is 24.6 Å². The third-order valence-corrected chi connectivity index (χ3v) is 2.44. The first-order valence-corrected chi connectivity index (χ1v) is 4.86. The molecule has 2 aromatic rings. The third kappa shape index (κ3) is 1.96. The van der Waals surface area contributed by atoms with Gasteiger partial charge in [-0.1, -0.05) is 23.7 Å². The highest BCUT2D eigenvalue weighted by molar-refractivity contribution is 6.30. The van der Waals surface area contributed by atoms with Crippen molar-refractivity contribution in [1.29, 1.82) is 0 Å². The van der Waals surface area contributed by atoms with Gasteiger partial charge in [-0.3, -0.25) is 0 Å². The molecule has 0 fully saturated rings. The van der Waals surface area contributed by atoms with Gasteiger partial charge in [0.1, 0.15) is 5.82 Å². The van der Waals surface area contributed by atoms with Crippen LogP contribution in [0.2, 0.25) is 5.02 Å². The summed E-state index contributed by atoms with van der Waals surface area (Å²) in [6.07, 6.45) is 3.79. The van der Waals surface area contributed by atoms with Crippen molar-refractivity contribution in [3.63, 3.8) is 0 Å². The van der Waals surface area contributed by atoms with Crippen molar-refractivity contribution in [1.82, 2.24) is 9.55 Å². The largest absolute Gasteiger partial charge is 0.331 e. The summed E-state index contributed by atoms with van der Waals surface area (Å²) in [4.78, 5) is 4.17. The zero-order valence-corrected chi connectivity index (χ0v) is 8.70. The smallest absolute Gasteiger partial charge is 0.105 e. The van der Waals surface area contributed by atoms with E-state index in [-0.39, 0.29) is 0 Å². The highest BCUT2D eigenvalue weighted by Crippen LogP contribution is 2.11. The van der Waals surface area contributed by atoms with Crippen molar-refractivity contribution in [3.05, 3.63) is 53.1 Å². The van der Waals surface area contributed by atoms with Crippen LogP contribution in [0.5, 0.6) is 0 Å². The lowest BCUT2D eigenvalue weighted by atomic mass is 10.2. The van der Waals surface area contributed by atoms with Crippen LogP contribution in [0.25, 0.3) is 0 Å². The SMILES string of the molecule is Cc1nccn1Cc1ccc(Cl)cc1. The highest BCUT2D eigenvalue weighted by Gasteiger charge is 1.98. The van der Waals surface area contributed by atoms with Crippen LogP contribution in [0, 0.1) is 6.92 Å². The Kier molecular flexibility index (Phi) is 2.55. The Morgan fingerprint density at radius 1 is 1.29 bits per heavy atom. The van der Waals surface area contributed by atoms with E-state index in [1.54, 1.807) is 0 Å². The molecule has 0 aliphatic heterocycles. The van der Waals surface area contributed by atoms with Crippen molar-refractivity contribution in [2.75, 3.05) is 0 Å². The van der Waals surface area contributed by atoms with Gasteiger partial charge in [-0.15, -0.1) is 0 Å². The Labute approximate surface area is 88.2 Å². The maximum absolute atomic E-state index is 5.81. The van der Waals surface area contributed by atoms with Crippen LogP contribution in [-0.4, -0.2) is 9.55 Å². The van der Waals surface area contributed by atoms with Gasteiger partial charge in [-0.2, -0.15) is 0 Å². The summed E-state index contributed by atoms with van der Waals surface area (Å²) < 4.78 is 2.10. The van der Waals surface area contributed by atoms with Crippen LogP contribution in [0.1, 0.15) is 11.4 Å². The van der Waals surface area contributed by atoms with Crippen LogP contribution in [0.4, 0.5) is 0 Å². The maximum Gasteiger partial charge on any atom is 0.105 e. The van der Waals surface area contributed by atoms with E-state index in [0.29, 0.717) is 0 Å². The molecule has 0 atom stereocenters. The number of halogens is 1. The molecule has 1 aromatic heterocycles. The fourth-order valence-corrected chi connectivity index (χ4v) is 1.48. The second-order valence-electron chi connectivity index (χ2n) is 3.23. The minimum absolute atomic E-state index is 0.774. The van der Waals surface area contributed by atoms with E-state index in [0.717, 1.165) is 17.4 Å². The highest BCUT2D eigenvalue weighted by atomic mass is 35.5. The summed E-state index contributed by atoms with van der Waals surface area (Å²) in [6.45, 7) is 2.85. The van der Waals surface area contributed by atoms with Crippen molar-refractivity contribution in [2.45, 2.75) is 13.5 Å². The number of hydrogen-bond acceptors (Lipinski definition) is 1. The summed E-state index contributed by atoms with van der Waals surface area (Å²) in [7, 11) is 0. The van der Waals surface area contributed by atoms with Gasteiger partial charge in [0.05, 0.1) is 0 Å². The lowest BCUT2D eigenvalue weighted by molar-refractivity contribution is 0.762. The van der Waals surface area contributed by atoms with E-state index >= 15 is 0 Å². The second-order valence-corrected chi connectivity index (χ2v) is 3.67. The minimum Gasteiger partial charge on any atom is -0.331 e. The molecule has 0 saturated carbocycles. The molecule has 0 aliphatic carbocycles. The van der Waals surface area contributed by atoms with Gasteiger partial charge < -0.3 is 4.57 Å². The number of nitrogens with zero attached hydrogens (tertiary/aromatic N) is 2. The number of hydrogen-bond donors (Lipinski definition) is 0. The quantitative estimate of drug-likeness (QED) is 0.739. The lowest BCUT2D eigenvalue weighted by Crippen LogP contribution is -2.00. The summed E-state index contributed by atoms with van der Waals surface area (Å²) in [5.74, 6) is 1.03. The zero-order chi connectivity index (χ0) is 9.97. The summed E-state index contributed by atoms with van der Waals surface area (Å²) >= 11 is 5.81. The molecule has 1 heterocycles. The van der Waals surface area contributed by atoms with Gasteiger partial charge in [0.2, 0.25) is 0 Å². The molecule has 3 heteroatoms. The normalized spacial score (nSPS) is 10.4. The second kappa shape index (κ2) is 3.84. The summed E-state index contributed by atoms with van der Waals surface area (Å²) in [5.41, 5.74) is 1.23. The van der Waals surface area contributed by atoms with E-state index in [4.69, 9.17) is 11.6 Å². The van der Waals surface area contributed by atoms with Gasteiger partial charge in [0.25, 0.3) is 0 Å². The number of rotatable bonds is 2. The summed E-state index contributed by atoms with van der Waals surface area (Å²) in [5, 5.41) is 0.774. The third-order valence-electron chi connectivity index (χ3n) is 2.19. The van der Waals surface area contributed by atoms with Crippen LogP contribution in [0.3, 0.4) is 0 Å². The molecular weight excluding hydrogens is 196 g/mol. The van der Waals surface area contributed by atoms with Crippen molar-refractivity contribution >= 4 is 11.6 Å². The predicted octanol–water partition coefficient (Wildman–Crippen LogP) is 2.89. The van der Waals surface area contributed by atoms with Gasteiger partial charge in [-0.25, -0.2) is 4.98 Å². The molecular formula is C11H11ClN2. The number of aromatic nitrogens is 2. The first-order valence-electron chi connectivity index (χ1n) is 4.48. The van der Waals surface area contributed by atoms with E-state index in [1.807, 2.05) is 43.6 Å². The van der Waals surface area contributed by atoms with E-state index in [1.165, 1.54) is 5.56 Å². The molecule has 0 spiro atoms. The Morgan fingerprint density at radius 3 is 2.57 bits per heavy atom. The van der Waals surface area contributed by atoms with Crippen LogP contribution in [0.15, 0.2) is 36.7 Å². The number of benzene rings is 1. The molecule has 0 N–H and O–H groups in total. The van der Waals surface area contributed by atoms with E-state index < -0.39 is 0 Å². The van der Waals surface area contributed by atoms with Crippen LogP contribution >= 0.6 is 11.6 Å². The number of imidazole rings is 1. The average Bonchev–Trinajstić information content (AvgIpc) is 2.56. The standard InChI is InChI=1S/C11H11ClN2/c1-9-13-6-7-14(9)8-10-2-4-11(12)5-3-10/h2-7H,8H2,1H3. The first kappa shape index (κ1) is 9.28. The van der Waals surface area contributed by atoms with Crippen LogP contribution < -0.4 is 0 Å². The fourth-order valence-electron chi connectivity index (χ4n) is 1.36. The minimum atomic E-state index is 0.774. The van der Waals surface area contributed by atoms with E-state index in [2.05, 4.69) is 9.55 Å². The van der Waals surface area contributed by atoms with Gasteiger partial charge >= 0.3 is 0 Å². The van der Waals surface area contributed by atoms with Gasteiger partial charge in [0.15, 0.2) is 0 Å². The Balaban J connectivity index is 2.19. The topological polar surface area (TPSA) is 17.8 Å². The molecule has 0 aliphatic rings.